The minimum atomic E-state index is -4.95. The number of esters is 4. The number of hydrogen-bond acceptors (Lipinski definition) is 15. The molecule has 0 aliphatic rings. The minimum Gasteiger partial charge on any atom is -0.462 e. The van der Waals surface area contributed by atoms with Crippen LogP contribution in [-0.4, -0.2) is 96.7 Å². The molecule has 0 aliphatic heterocycles. The number of aliphatic hydroxyl groups excluding tert-OH is 1. The number of unbranched alkanes of at least 4 members (excludes halogenated alkanes) is 36. The fourth-order valence-electron chi connectivity index (χ4n) is 10.7. The van der Waals surface area contributed by atoms with Gasteiger partial charge >= 0.3 is 39.5 Å². The Bertz CT molecular complexity index is 1770. The number of carbonyl (C=O) groups is 4. The summed E-state index contributed by atoms with van der Waals surface area (Å²) in [5.74, 6) is 0.218. The molecule has 6 atom stereocenters. The lowest BCUT2D eigenvalue weighted by Gasteiger charge is -2.21. The highest BCUT2D eigenvalue weighted by molar-refractivity contribution is 7.47. The average Bonchev–Trinajstić information content (AvgIpc) is 3.70. The highest BCUT2D eigenvalue weighted by Crippen LogP contribution is 2.45. The van der Waals surface area contributed by atoms with Crippen LogP contribution in [-0.2, 0) is 65.4 Å². The Morgan fingerprint density at radius 2 is 0.567 bits per heavy atom. The van der Waals surface area contributed by atoms with Crippen LogP contribution in [0, 0.1) is 17.8 Å². The van der Waals surface area contributed by atoms with E-state index in [0.717, 1.165) is 114 Å². The van der Waals surface area contributed by atoms with Crippen LogP contribution in [0.4, 0.5) is 0 Å². The first-order valence-electron chi connectivity index (χ1n) is 36.9. The topological polar surface area (TPSA) is 237 Å². The lowest BCUT2D eigenvalue weighted by Crippen LogP contribution is -2.30. The number of hydrogen-bond donors (Lipinski definition) is 3. The molecule has 0 saturated heterocycles. The highest BCUT2D eigenvalue weighted by Gasteiger charge is 2.30. The second-order valence-electron chi connectivity index (χ2n) is 26.8. The zero-order valence-electron chi connectivity index (χ0n) is 58.6. The summed E-state index contributed by atoms with van der Waals surface area (Å²) < 4.78 is 68.1. The number of carbonyl (C=O) groups excluding carboxylic acids is 4. The molecule has 0 radical (unpaired) electrons. The molecule has 0 fully saturated rings. The molecule has 19 heteroatoms. The van der Waals surface area contributed by atoms with Crippen LogP contribution in [0.2, 0.25) is 0 Å². The molecule has 0 amide bonds. The Morgan fingerprint density at radius 3 is 0.844 bits per heavy atom. The predicted molar refractivity (Wildman–Crippen MR) is 363 cm³/mol. The van der Waals surface area contributed by atoms with Crippen LogP contribution in [0.5, 0.6) is 0 Å². The van der Waals surface area contributed by atoms with E-state index >= 15 is 0 Å². The number of phosphoric acid groups is 2. The molecule has 90 heavy (non-hydrogen) atoms. The van der Waals surface area contributed by atoms with E-state index in [2.05, 4.69) is 48.5 Å². The maximum Gasteiger partial charge on any atom is 0.472 e. The molecule has 0 aromatic rings. The highest BCUT2D eigenvalue weighted by atomic mass is 31.2. The molecule has 0 bridgehead atoms. The summed E-state index contributed by atoms with van der Waals surface area (Å²) in [6.45, 7) is 11.8. The van der Waals surface area contributed by atoms with Crippen LogP contribution >= 0.6 is 15.6 Å². The summed E-state index contributed by atoms with van der Waals surface area (Å²) >= 11 is 0. The fourth-order valence-corrected chi connectivity index (χ4v) is 12.3. The third-order valence-corrected chi connectivity index (χ3v) is 18.6. The van der Waals surface area contributed by atoms with E-state index in [-0.39, 0.29) is 25.7 Å². The standard InChI is InChI=1S/C71H138O17P2/c1-8-10-11-35-45-52-68(73)81-58-66(87-71(76)55-48-41-34-28-27-31-38-44-51-64(7)9-2)60-85-89(77,78)83-56-65(72)57-84-90(79,80)86-61-67(59-82-69(74)53-46-39-32-25-21-18-17-20-24-30-37-43-50-63(5)6)88-70(75)54-47-40-33-26-22-16-14-12-13-15-19-23-29-36-42-49-62(3)4/h62-67,72H,8-61H2,1-7H3,(H,77,78)(H,79,80)/t64?,65-,66+,67+/m0/s1. The lowest BCUT2D eigenvalue weighted by molar-refractivity contribution is -0.161. The third-order valence-electron chi connectivity index (χ3n) is 16.7. The average molecular weight is 1330 g/mol. The summed E-state index contributed by atoms with van der Waals surface area (Å²) in [4.78, 5) is 72.3. The first kappa shape index (κ1) is 88.1. The SMILES string of the molecule is CCCCCCCC(=O)OC[C@H](COP(=O)(O)OC[C@H](O)COP(=O)(O)OC[C@@H](COC(=O)CCCCCCCCCCCCCCC(C)C)OC(=O)CCCCCCCCCCCCCCCCCC(C)C)OC(=O)CCCCCCCCCCC(C)CC. The maximum absolute atomic E-state index is 13.0. The first-order chi connectivity index (χ1) is 43.3. The molecule has 0 saturated carbocycles. The quantitative estimate of drug-likeness (QED) is 0.0222. The third kappa shape index (κ3) is 63.5. The van der Waals surface area contributed by atoms with E-state index in [1.807, 2.05) is 0 Å². The molecule has 3 N–H and O–H groups in total. The molecule has 0 rings (SSSR count). The Kier molecular flexibility index (Phi) is 60.6. The van der Waals surface area contributed by atoms with Gasteiger partial charge in [-0.1, -0.05) is 305 Å². The van der Waals surface area contributed by atoms with Gasteiger partial charge in [0, 0.05) is 25.7 Å². The van der Waals surface area contributed by atoms with Crippen molar-refractivity contribution in [2.75, 3.05) is 39.6 Å². The van der Waals surface area contributed by atoms with Gasteiger partial charge in [0.15, 0.2) is 12.2 Å². The largest absolute Gasteiger partial charge is 0.472 e. The lowest BCUT2D eigenvalue weighted by atomic mass is 9.99. The van der Waals surface area contributed by atoms with Gasteiger partial charge in [0.05, 0.1) is 26.4 Å². The zero-order valence-corrected chi connectivity index (χ0v) is 60.4. The van der Waals surface area contributed by atoms with Gasteiger partial charge in [-0.3, -0.25) is 37.3 Å². The number of phosphoric ester groups is 2. The van der Waals surface area contributed by atoms with Gasteiger partial charge in [0.1, 0.15) is 19.3 Å². The van der Waals surface area contributed by atoms with Crippen molar-refractivity contribution >= 4 is 39.5 Å². The zero-order chi connectivity index (χ0) is 66.6. The van der Waals surface area contributed by atoms with Crippen LogP contribution < -0.4 is 0 Å². The molecule has 0 aliphatic carbocycles. The molecule has 0 spiro atoms. The predicted octanol–water partition coefficient (Wildman–Crippen LogP) is 20.2. The van der Waals surface area contributed by atoms with Gasteiger partial charge < -0.3 is 33.8 Å². The van der Waals surface area contributed by atoms with Crippen molar-refractivity contribution in [3.05, 3.63) is 0 Å². The van der Waals surface area contributed by atoms with Crippen molar-refractivity contribution in [1.82, 2.24) is 0 Å². The molecule has 0 aromatic heterocycles. The minimum absolute atomic E-state index is 0.104. The van der Waals surface area contributed by atoms with Crippen molar-refractivity contribution < 1.29 is 80.2 Å². The summed E-state index contributed by atoms with van der Waals surface area (Å²) in [5, 5.41) is 10.6. The van der Waals surface area contributed by atoms with E-state index in [9.17, 15) is 43.2 Å². The van der Waals surface area contributed by atoms with Crippen LogP contribution in [0.3, 0.4) is 0 Å². The second-order valence-corrected chi connectivity index (χ2v) is 29.7. The van der Waals surface area contributed by atoms with Crippen molar-refractivity contribution in [2.24, 2.45) is 17.8 Å². The van der Waals surface area contributed by atoms with Gasteiger partial charge in [0.2, 0.25) is 0 Å². The van der Waals surface area contributed by atoms with E-state index in [0.29, 0.717) is 25.7 Å². The van der Waals surface area contributed by atoms with Gasteiger partial charge in [-0.2, -0.15) is 0 Å². The molecular weight excluding hydrogens is 1190 g/mol. The fraction of sp³-hybridized carbons (Fsp3) is 0.944. The Morgan fingerprint density at radius 1 is 0.322 bits per heavy atom. The van der Waals surface area contributed by atoms with Crippen LogP contribution in [0.25, 0.3) is 0 Å². The summed E-state index contributed by atoms with van der Waals surface area (Å²) in [6.07, 6.45) is 46.1. The molecule has 3 unspecified atom stereocenters. The number of ether oxygens (including phenoxy) is 4. The molecule has 0 heterocycles. The van der Waals surface area contributed by atoms with E-state index < -0.39 is 97.5 Å². The van der Waals surface area contributed by atoms with Crippen LogP contribution in [0.1, 0.15) is 357 Å². The Hall–Kier alpha value is -1.94. The van der Waals surface area contributed by atoms with Crippen LogP contribution in [0.15, 0.2) is 0 Å². The monoisotopic (exact) mass is 1320 g/mol. The molecule has 534 valence electrons. The molecular formula is C71H138O17P2. The van der Waals surface area contributed by atoms with Crippen molar-refractivity contribution in [2.45, 2.75) is 375 Å². The second kappa shape index (κ2) is 61.9. The summed E-state index contributed by atoms with van der Waals surface area (Å²) in [5.41, 5.74) is 0. The normalized spacial score (nSPS) is 14.5. The smallest absolute Gasteiger partial charge is 0.462 e. The van der Waals surface area contributed by atoms with Crippen molar-refractivity contribution in [3.8, 4) is 0 Å². The van der Waals surface area contributed by atoms with Gasteiger partial charge in [0.25, 0.3) is 0 Å². The Balaban J connectivity index is 5.16. The Labute approximate surface area is 549 Å². The molecule has 0 aromatic carbocycles. The van der Waals surface area contributed by atoms with E-state index in [1.54, 1.807) is 0 Å². The van der Waals surface area contributed by atoms with Gasteiger partial charge in [-0.25, -0.2) is 9.13 Å². The maximum atomic E-state index is 13.0. The van der Waals surface area contributed by atoms with Gasteiger partial charge in [-0.15, -0.1) is 0 Å². The van der Waals surface area contributed by atoms with Crippen molar-refractivity contribution in [3.63, 3.8) is 0 Å². The van der Waals surface area contributed by atoms with Crippen molar-refractivity contribution in [1.29, 1.82) is 0 Å². The first-order valence-corrected chi connectivity index (χ1v) is 39.9. The summed E-state index contributed by atoms with van der Waals surface area (Å²) in [6, 6.07) is 0. The number of rotatable bonds is 69. The number of aliphatic hydroxyl groups is 1. The van der Waals surface area contributed by atoms with Gasteiger partial charge in [-0.05, 0) is 43.4 Å². The van der Waals surface area contributed by atoms with E-state index in [4.69, 9.17) is 37.0 Å². The molecule has 17 nitrogen and oxygen atoms in total. The summed E-state index contributed by atoms with van der Waals surface area (Å²) in [7, 11) is -9.89. The van der Waals surface area contributed by atoms with E-state index in [1.165, 1.54) is 161 Å².